The SMILES string of the molecule is CC(C)NC(=O)CC(SC[C@H](N)C(=O)C(C)C)C(=O)NC(C)C. The summed E-state index contributed by atoms with van der Waals surface area (Å²) < 4.78 is 0. The van der Waals surface area contributed by atoms with E-state index in [0.717, 1.165) is 0 Å². The number of amides is 2. The standard InChI is InChI=1S/C16H31N3O3S/c1-9(2)15(21)12(17)8-23-13(16(22)19-11(5)6)7-14(20)18-10(3)4/h9-13H,7-8,17H2,1-6H3,(H,18,20)(H,19,22)/t12-,13?/m0/s1. The Morgan fingerprint density at radius 2 is 1.48 bits per heavy atom. The molecule has 0 aliphatic carbocycles. The molecule has 0 bridgehead atoms. The van der Waals surface area contributed by atoms with Crippen LogP contribution in [0.2, 0.25) is 0 Å². The van der Waals surface area contributed by atoms with Crippen LogP contribution in [0, 0.1) is 5.92 Å². The zero-order valence-electron chi connectivity index (χ0n) is 15.0. The first-order valence-corrected chi connectivity index (χ1v) is 9.10. The summed E-state index contributed by atoms with van der Waals surface area (Å²) in [6.07, 6.45) is 0.0734. The molecule has 2 amide bonds. The van der Waals surface area contributed by atoms with Crippen LogP contribution >= 0.6 is 11.8 Å². The first kappa shape index (κ1) is 21.9. The molecular formula is C16H31N3O3S. The number of carbonyl (C=O) groups is 3. The van der Waals surface area contributed by atoms with E-state index in [1.165, 1.54) is 11.8 Å². The maximum absolute atomic E-state index is 12.3. The van der Waals surface area contributed by atoms with Crippen molar-refractivity contribution in [3.63, 3.8) is 0 Å². The van der Waals surface area contributed by atoms with E-state index in [0.29, 0.717) is 5.75 Å². The second-order valence-corrected chi connectivity index (χ2v) is 7.81. The van der Waals surface area contributed by atoms with Gasteiger partial charge in [-0.3, -0.25) is 14.4 Å². The van der Waals surface area contributed by atoms with Crippen molar-refractivity contribution in [3.8, 4) is 0 Å². The van der Waals surface area contributed by atoms with Gasteiger partial charge in [-0.15, -0.1) is 11.8 Å². The number of ketones is 1. The van der Waals surface area contributed by atoms with Crippen molar-refractivity contribution < 1.29 is 14.4 Å². The van der Waals surface area contributed by atoms with Crippen LogP contribution in [0.5, 0.6) is 0 Å². The molecule has 23 heavy (non-hydrogen) atoms. The molecule has 1 unspecified atom stereocenters. The molecule has 0 saturated heterocycles. The number of hydrogen-bond donors (Lipinski definition) is 3. The molecule has 4 N–H and O–H groups in total. The van der Waals surface area contributed by atoms with Gasteiger partial charge in [0.25, 0.3) is 0 Å². The van der Waals surface area contributed by atoms with Gasteiger partial charge in [0.05, 0.1) is 11.3 Å². The normalized spacial score (nSPS) is 14.0. The van der Waals surface area contributed by atoms with Gasteiger partial charge in [0.1, 0.15) is 0 Å². The Morgan fingerprint density at radius 1 is 0.957 bits per heavy atom. The van der Waals surface area contributed by atoms with Crippen LogP contribution in [-0.2, 0) is 14.4 Å². The van der Waals surface area contributed by atoms with E-state index in [-0.39, 0.29) is 42.0 Å². The topological polar surface area (TPSA) is 101 Å². The molecule has 0 aromatic carbocycles. The molecule has 7 heteroatoms. The average Bonchev–Trinajstić information content (AvgIpc) is 2.40. The van der Waals surface area contributed by atoms with Crippen LogP contribution in [0.15, 0.2) is 0 Å². The van der Waals surface area contributed by atoms with Gasteiger partial charge in [0.2, 0.25) is 11.8 Å². The Morgan fingerprint density at radius 3 is 1.91 bits per heavy atom. The zero-order chi connectivity index (χ0) is 18.2. The molecule has 0 spiro atoms. The van der Waals surface area contributed by atoms with E-state index in [9.17, 15) is 14.4 Å². The lowest BCUT2D eigenvalue weighted by Crippen LogP contribution is -2.42. The maximum atomic E-state index is 12.3. The number of nitrogens with two attached hydrogens (primary N) is 1. The Hall–Kier alpha value is -1.08. The van der Waals surface area contributed by atoms with Gasteiger partial charge in [-0.1, -0.05) is 13.8 Å². The average molecular weight is 346 g/mol. The van der Waals surface area contributed by atoms with Crippen molar-refractivity contribution in [2.75, 3.05) is 5.75 Å². The van der Waals surface area contributed by atoms with Crippen molar-refractivity contribution >= 4 is 29.4 Å². The Kier molecular flexibility index (Phi) is 10.1. The quantitative estimate of drug-likeness (QED) is 0.550. The van der Waals surface area contributed by atoms with Crippen LogP contribution in [0.4, 0.5) is 0 Å². The van der Waals surface area contributed by atoms with Crippen LogP contribution < -0.4 is 16.4 Å². The molecule has 0 aliphatic rings. The molecule has 0 aromatic heterocycles. The minimum Gasteiger partial charge on any atom is -0.354 e. The third kappa shape index (κ3) is 9.61. The fourth-order valence-corrected chi connectivity index (χ4v) is 2.98. The largest absolute Gasteiger partial charge is 0.354 e. The number of nitrogens with one attached hydrogen (secondary N) is 2. The van der Waals surface area contributed by atoms with E-state index in [1.807, 2.05) is 27.7 Å². The van der Waals surface area contributed by atoms with Gasteiger partial charge in [-0.25, -0.2) is 0 Å². The number of rotatable bonds is 10. The van der Waals surface area contributed by atoms with Crippen molar-refractivity contribution in [2.45, 2.75) is 71.3 Å². The van der Waals surface area contributed by atoms with E-state index in [1.54, 1.807) is 13.8 Å². The fraction of sp³-hybridized carbons (Fsp3) is 0.812. The molecule has 0 rings (SSSR count). The summed E-state index contributed by atoms with van der Waals surface area (Å²) in [4.78, 5) is 36.0. The Bertz CT molecular complexity index is 411. The molecule has 0 aliphatic heterocycles. The molecule has 0 radical (unpaired) electrons. The van der Waals surface area contributed by atoms with Crippen LogP contribution in [-0.4, -0.2) is 46.7 Å². The number of carbonyl (C=O) groups excluding carboxylic acids is 3. The summed E-state index contributed by atoms with van der Waals surface area (Å²) >= 11 is 1.26. The highest BCUT2D eigenvalue weighted by atomic mass is 32.2. The molecular weight excluding hydrogens is 314 g/mol. The van der Waals surface area contributed by atoms with Crippen molar-refractivity contribution in [3.05, 3.63) is 0 Å². The first-order chi connectivity index (χ1) is 10.5. The zero-order valence-corrected chi connectivity index (χ0v) is 15.8. The molecule has 0 fully saturated rings. The van der Waals surface area contributed by atoms with E-state index in [4.69, 9.17) is 5.73 Å². The number of hydrogen-bond acceptors (Lipinski definition) is 5. The third-order valence-corrected chi connectivity index (χ3v) is 4.29. The molecule has 2 atom stereocenters. The lowest BCUT2D eigenvalue weighted by molar-refractivity contribution is -0.126. The van der Waals surface area contributed by atoms with Gasteiger partial charge in [0.15, 0.2) is 5.78 Å². The lowest BCUT2D eigenvalue weighted by atomic mass is 10.0. The molecule has 134 valence electrons. The highest BCUT2D eigenvalue weighted by Gasteiger charge is 2.26. The van der Waals surface area contributed by atoms with Gasteiger partial charge in [0, 0.05) is 30.2 Å². The third-order valence-electron chi connectivity index (χ3n) is 2.96. The minimum absolute atomic E-state index is 0.00951. The van der Waals surface area contributed by atoms with E-state index in [2.05, 4.69) is 10.6 Å². The molecule has 0 saturated carbocycles. The minimum atomic E-state index is -0.623. The van der Waals surface area contributed by atoms with Crippen LogP contribution in [0.25, 0.3) is 0 Å². The fourth-order valence-electron chi connectivity index (χ4n) is 1.88. The monoisotopic (exact) mass is 345 g/mol. The summed E-state index contributed by atoms with van der Waals surface area (Å²) in [6.45, 7) is 11.1. The first-order valence-electron chi connectivity index (χ1n) is 8.05. The molecule has 0 heterocycles. The van der Waals surface area contributed by atoms with E-state index >= 15 is 0 Å². The second kappa shape index (κ2) is 10.6. The van der Waals surface area contributed by atoms with E-state index < -0.39 is 11.3 Å². The van der Waals surface area contributed by atoms with Crippen molar-refractivity contribution in [1.82, 2.24) is 10.6 Å². The summed E-state index contributed by atoms with van der Waals surface area (Å²) in [5, 5.41) is 5.04. The second-order valence-electron chi connectivity index (χ2n) is 6.58. The van der Waals surface area contributed by atoms with Crippen LogP contribution in [0.1, 0.15) is 48.0 Å². The Labute approximate surface area is 143 Å². The highest BCUT2D eigenvalue weighted by molar-refractivity contribution is 8.00. The van der Waals surface area contributed by atoms with Crippen LogP contribution in [0.3, 0.4) is 0 Å². The summed E-state index contributed by atoms with van der Waals surface area (Å²) in [5.41, 5.74) is 5.88. The predicted octanol–water partition coefficient (Wildman–Crippen LogP) is 1.08. The smallest absolute Gasteiger partial charge is 0.233 e. The van der Waals surface area contributed by atoms with Gasteiger partial charge < -0.3 is 16.4 Å². The highest BCUT2D eigenvalue weighted by Crippen LogP contribution is 2.17. The number of thioether (sulfide) groups is 1. The number of Topliss-reactive ketones (excluding diaryl/α,β-unsaturated/α-hetero) is 1. The summed E-state index contributed by atoms with van der Waals surface area (Å²) in [6, 6.07) is -0.613. The Balaban J connectivity index is 4.75. The predicted molar refractivity (Wildman–Crippen MR) is 95.2 cm³/mol. The van der Waals surface area contributed by atoms with Crippen molar-refractivity contribution in [2.24, 2.45) is 11.7 Å². The van der Waals surface area contributed by atoms with Gasteiger partial charge in [-0.05, 0) is 27.7 Å². The van der Waals surface area contributed by atoms with Gasteiger partial charge in [-0.2, -0.15) is 0 Å². The van der Waals surface area contributed by atoms with Crippen molar-refractivity contribution in [1.29, 1.82) is 0 Å². The lowest BCUT2D eigenvalue weighted by Gasteiger charge is -2.20. The summed E-state index contributed by atoms with van der Waals surface area (Å²) in [7, 11) is 0. The molecule has 6 nitrogen and oxygen atoms in total. The van der Waals surface area contributed by atoms with Gasteiger partial charge >= 0.3 is 0 Å². The molecule has 0 aromatic rings. The summed E-state index contributed by atoms with van der Waals surface area (Å²) in [5.74, 6) is -0.236. The maximum Gasteiger partial charge on any atom is 0.233 e.